The molecule has 2 aromatic rings. The first-order valence-electron chi connectivity index (χ1n) is 11.1. The molecule has 1 amide bonds. The number of carbonyl (C=O) groups is 1. The highest BCUT2D eigenvalue weighted by Crippen LogP contribution is 2.29. The molecule has 0 saturated carbocycles. The smallest absolute Gasteiger partial charge is 0.304 e. The summed E-state index contributed by atoms with van der Waals surface area (Å²) in [5.41, 5.74) is 1.52. The van der Waals surface area contributed by atoms with Gasteiger partial charge in [-0.3, -0.25) is 4.79 Å². The summed E-state index contributed by atoms with van der Waals surface area (Å²) in [6.45, 7) is 8.77. The van der Waals surface area contributed by atoms with Crippen molar-refractivity contribution in [3.63, 3.8) is 0 Å². The molecule has 1 saturated heterocycles. The average Bonchev–Trinajstić information content (AvgIpc) is 3.10. The summed E-state index contributed by atoms with van der Waals surface area (Å²) in [7, 11) is -4.11. The number of nitrogens with zero attached hydrogens (tertiary/aromatic N) is 2. The Morgan fingerprint density at radius 1 is 1.35 bits per heavy atom. The highest BCUT2D eigenvalue weighted by molar-refractivity contribution is 7.87. The molecular formula is C22H31FN4O6S. The normalized spacial score (nSPS) is 17.5. The zero-order valence-corrected chi connectivity index (χ0v) is 20.6. The fraction of sp³-hybridized carbons (Fsp3) is 0.545. The van der Waals surface area contributed by atoms with Crippen molar-refractivity contribution in [2.24, 2.45) is 0 Å². The Hall–Kier alpha value is -2.54. The minimum Gasteiger partial charge on any atom is -0.431 e. The predicted octanol–water partition coefficient (Wildman–Crippen LogP) is 3.09. The number of benzene rings is 1. The van der Waals surface area contributed by atoms with E-state index in [1.165, 1.54) is 6.07 Å². The van der Waals surface area contributed by atoms with Crippen LogP contribution in [0, 0.1) is 12.7 Å². The van der Waals surface area contributed by atoms with E-state index in [-0.39, 0.29) is 49.2 Å². The number of aromatic nitrogens is 1. The molecule has 1 fully saturated rings. The number of oxazole rings is 1. The quantitative estimate of drug-likeness (QED) is 0.541. The SMILES string of the molecule is CCOCC1CCN(S(=O)(=O)NC(=O)c2coc(Nc3cc(C)c(F)cc3C(C)C)n2)CCO1. The van der Waals surface area contributed by atoms with Gasteiger partial charge in [-0.05, 0) is 49.4 Å². The number of aryl methyl sites for hydroxylation is 1. The largest absolute Gasteiger partial charge is 0.431 e. The summed E-state index contributed by atoms with van der Waals surface area (Å²) >= 11 is 0. The Kier molecular flexibility index (Phi) is 8.63. The molecule has 3 rings (SSSR count). The number of ether oxygens (including phenoxy) is 2. The lowest BCUT2D eigenvalue weighted by Gasteiger charge is -2.19. The van der Waals surface area contributed by atoms with E-state index in [0.29, 0.717) is 36.4 Å². The van der Waals surface area contributed by atoms with Gasteiger partial charge >= 0.3 is 10.2 Å². The van der Waals surface area contributed by atoms with Crippen LogP contribution in [0.25, 0.3) is 0 Å². The molecule has 0 bridgehead atoms. The number of carbonyl (C=O) groups excluding carboxylic acids is 1. The van der Waals surface area contributed by atoms with Crippen LogP contribution >= 0.6 is 0 Å². The Morgan fingerprint density at radius 3 is 2.82 bits per heavy atom. The first-order valence-corrected chi connectivity index (χ1v) is 12.6. The topological polar surface area (TPSA) is 123 Å². The molecule has 0 spiro atoms. The zero-order chi connectivity index (χ0) is 24.9. The van der Waals surface area contributed by atoms with E-state index >= 15 is 0 Å². The molecule has 12 heteroatoms. The predicted molar refractivity (Wildman–Crippen MR) is 124 cm³/mol. The molecular weight excluding hydrogens is 467 g/mol. The molecule has 0 aliphatic carbocycles. The Bertz CT molecular complexity index is 1100. The first-order chi connectivity index (χ1) is 16.1. The standard InChI is InChI=1S/C22H31FN4O6S/c1-5-31-12-16-6-7-27(8-9-32-16)34(29,30)26-21(28)20-13-33-22(25-20)24-19-10-15(4)18(23)11-17(19)14(2)3/h10-11,13-14,16H,5-9,12H2,1-4H3,(H,24,25)(H,26,28). The maximum Gasteiger partial charge on any atom is 0.304 e. The third kappa shape index (κ3) is 6.53. The highest BCUT2D eigenvalue weighted by atomic mass is 32.2. The second-order valence-electron chi connectivity index (χ2n) is 8.28. The summed E-state index contributed by atoms with van der Waals surface area (Å²) in [5.74, 6) is -1.23. The molecule has 1 aliphatic heterocycles. The van der Waals surface area contributed by atoms with Crippen LogP contribution in [0.2, 0.25) is 0 Å². The highest BCUT2D eigenvalue weighted by Gasteiger charge is 2.29. The van der Waals surface area contributed by atoms with Gasteiger partial charge in [0.05, 0.1) is 19.3 Å². The van der Waals surface area contributed by atoms with Gasteiger partial charge in [0.15, 0.2) is 5.69 Å². The molecule has 2 N–H and O–H groups in total. The van der Waals surface area contributed by atoms with Crippen LogP contribution < -0.4 is 10.0 Å². The summed E-state index contributed by atoms with van der Waals surface area (Å²) in [6.07, 6.45) is 1.30. The van der Waals surface area contributed by atoms with E-state index < -0.39 is 16.1 Å². The summed E-state index contributed by atoms with van der Waals surface area (Å²) < 4.78 is 58.9. The van der Waals surface area contributed by atoms with Crippen LogP contribution in [0.15, 0.2) is 22.8 Å². The maximum atomic E-state index is 14.0. The van der Waals surface area contributed by atoms with Crippen molar-refractivity contribution in [1.82, 2.24) is 14.0 Å². The van der Waals surface area contributed by atoms with Gasteiger partial charge in [0.25, 0.3) is 11.9 Å². The van der Waals surface area contributed by atoms with E-state index in [9.17, 15) is 17.6 Å². The fourth-order valence-electron chi connectivity index (χ4n) is 3.49. The van der Waals surface area contributed by atoms with Gasteiger partial charge in [-0.2, -0.15) is 17.7 Å². The van der Waals surface area contributed by atoms with Crippen molar-refractivity contribution in [3.8, 4) is 0 Å². The molecule has 0 radical (unpaired) electrons. The minimum atomic E-state index is -4.11. The molecule has 188 valence electrons. The lowest BCUT2D eigenvalue weighted by Crippen LogP contribution is -2.44. The molecule has 1 unspecified atom stereocenters. The van der Waals surface area contributed by atoms with E-state index in [1.54, 1.807) is 13.0 Å². The number of hydrogen-bond acceptors (Lipinski definition) is 8. The number of rotatable bonds is 9. The third-order valence-electron chi connectivity index (χ3n) is 5.40. The van der Waals surface area contributed by atoms with E-state index in [0.717, 1.165) is 10.6 Å². The average molecular weight is 499 g/mol. The van der Waals surface area contributed by atoms with Gasteiger partial charge in [-0.1, -0.05) is 13.8 Å². The second-order valence-corrected chi connectivity index (χ2v) is 9.95. The van der Waals surface area contributed by atoms with Crippen LogP contribution in [0.1, 0.15) is 54.7 Å². The lowest BCUT2D eigenvalue weighted by molar-refractivity contribution is -0.00687. The molecule has 1 atom stereocenters. The molecule has 1 aromatic carbocycles. The number of halogens is 1. The zero-order valence-electron chi connectivity index (χ0n) is 19.8. The lowest BCUT2D eigenvalue weighted by atomic mass is 9.99. The molecule has 1 aliphatic rings. The molecule has 10 nitrogen and oxygen atoms in total. The van der Waals surface area contributed by atoms with Gasteiger partial charge < -0.3 is 19.2 Å². The monoisotopic (exact) mass is 498 g/mol. The van der Waals surface area contributed by atoms with E-state index in [1.807, 2.05) is 25.5 Å². The van der Waals surface area contributed by atoms with Crippen LogP contribution in [-0.2, 0) is 19.7 Å². The summed E-state index contributed by atoms with van der Waals surface area (Å²) in [4.78, 5) is 16.6. The summed E-state index contributed by atoms with van der Waals surface area (Å²) in [6, 6.07) is 3.05. The van der Waals surface area contributed by atoms with Crippen LogP contribution in [-0.4, -0.2) is 62.6 Å². The Balaban J connectivity index is 1.66. The van der Waals surface area contributed by atoms with Crippen molar-refractivity contribution >= 4 is 27.8 Å². The second kappa shape index (κ2) is 11.3. The van der Waals surface area contributed by atoms with E-state index in [4.69, 9.17) is 13.9 Å². The molecule has 2 heterocycles. The van der Waals surface area contributed by atoms with E-state index in [2.05, 4.69) is 10.3 Å². The Morgan fingerprint density at radius 2 is 2.12 bits per heavy atom. The van der Waals surface area contributed by atoms with Crippen LogP contribution in [0.5, 0.6) is 0 Å². The molecule has 1 aromatic heterocycles. The number of hydrogen-bond donors (Lipinski definition) is 2. The van der Waals surface area contributed by atoms with Crippen LogP contribution in [0.4, 0.5) is 16.1 Å². The Labute approximate surface area is 199 Å². The van der Waals surface area contributed by atoms with Gasteiger partial charge in [0.2, 0.25) is 0 Å². The minimum absolute atomic E-state index is 0.0163. The number of nitrogens with one attached hydrogen (secondary N) is 2. The maximum absolute atomic E-state index is 14.0. The van der Waals surface area contributed by atoms with Gasteiger partial charge in [-0.25, -0.2) is 9.11 Å². The van der Waals surface area contributed by atoms with Crippen molar-refractivity contribution in [2.75, 3.05) is 38.2 Å². The van der Waals surface area contributed by atoms with Crippen molar-refractivity contribution in [1.29, 1.82) is 0 Å². The number of anilines is 2. The van der Waals surface area contributed by atoms with Crippen molar-refractivity contribution in [2.45, 2.75) is 46.1 Å². The third-order valence-corrected chi connectivity index (χ3v) is 6.88. The number of amides is 1. The van der Waals surface area contributed by atoms with Gasteiger partial charge in [0, 0.05) is 25.4 Å². The van der Waals surface area contributed by atoms with Crippen molar-refractivity contribution in [3.05, 3.63) is 41.0 Å². The van der Waals surface area contributed by atoms with Gasteiger partial charge in [-0.15, -0.1) is 0 Å². The molecule has 34 heavy (non-hydrogen) atoms. The first kappa shape index (κ1) is 26.1. The van der Waals surface area contributed by atoms with Crippen LogP contribution in [0.3, 0.4) is 0 Å². The summed E-state index contributed by atoms with van der Waals surface area (Å²) in [5, 5.41) is 2.94. The fourth-order valence-corrected chi connectivity index (χ4v) is 4.62. The van der Waals surface area contributed by atoms with Crippen molar-refractivity contribution < 1.29 is 31.5 Å². The van der Waals surface area contributed by atoms with Gasteiger partial charge in [0.1, 0.15) is 12.1 Å².